The number of pyridine rings is 3. The molecule has 7 nitrogen and oxygen atoms in total. The van der Waals surface area contributed by atoms with E-state index in [2.05, 4.69) is 108 Å². The average Bonchev–Trinajstić information content (AvgIpc) is 3.89. The first kappa shape index (κ1) is 32.5. The third-order valence-corrected chi connectivity index (χ3v) is 10.4. The summed E-state index contributed by atoms with van der Waals surface area (Å²) in [5.41, 5.74) is 13.7. The summed E-state index contributed by atoms with van der Waals surface area (Å²) in [6.45, 7) is 0. The number of benzene rings is 6. The number of rotatable bonds is 7. The van der Waals surface area contributed by atoms with Crippen molar-refractivity contribution in [2.24, 2.45) is 0 Å². The second-order valence-corrected chi connectivity index (χ2v) is 13.9. The lowest BCUT2D eigenvalue weighted by Crippen LogP contribution is -2.09. The smallest absolute Gasteiger partial charge is 0.227 e. The molecular weight excluding hydrogens is 703 g/mol. The lowest BCUT2D eigenvalue weighted by atomic mass is 10.0. The predicted molar refractivity (Wildman–Crippen MR) is 229 cm³/mol. The van der Waals surface area contributed by atoms with Crippen molar-refractivity contribution in [3.8, 4) is 45.2 Å². The molecule has 6 aromatic carbocycles. The van der Waals surface area contributed by atoms with Gasteiger partial charge in [0.25, 0.3) is 0 Å². The van der Waals surface area contributed by atoms with Gasteiger partial charge in [0.2, 0.25) is 5.89 Å². The molecule has 0 amide bonds. The van der Waals surface area contributed by atoms with E-state index in [0.29, 0.717) is 5.89 Å². The first-order chi connectivity index (χ1) is 28.2. The van der Waals surface area contributed by atoms with Crippen LogP contribution >= 0.6 is 0 Å². The minimum atomic E-state index is 0.588. The summed E-state index contributed by atoms with van der Waals surface area (Å²) in [6, 6.07) is 59.7. The molecule has 5 aromatic heterocycles. The van der Waals surface area contributed by atoms with E-state index in [-0.39, 0.29) is 0 Å². The molecular formula is C50H31N5O2. The molecule has 0 radical (unpaired) electrons. The van der Waals surface area contributed by atoms with E-state index in [4.69, 9.17) is 28.8 Å². The number of anilines is 3. The fourth-order valence-electron chi connectivity index (χ4n) is 7.57. The van der Waals surface area contributed by atoms with Crippen LogP contribution in [-0.4, -0.2) is 19.9 Å². The van der Waals surface area contributed by atoms with E-state index < -0.39 is 0 Å². The molecule has 5 heterocycles. The van der Waals surface area contributed by atoms with Crippen LogP contribution < -0.4 is 4.90 Å². The van der Waals surface area contributed by atoms with Crippen molar-refractivity contribution in [3.63, 3.8) is 0 Å². The second kappa shape index (κ2) is 13.4. The average molecular weight is 734 g/mol. The summed E-state index contributed by atoms with van der Waals surface area (Å²) in [7, 11) is 0. The van der Waals surface area contributed by atoms with Gasteiger partial charge in [-0.2, -0.15) is 0 Å². The lowest BCUT2D eigenvalue weighted by molar-refractivity contribution is 0.620. The van der Waals surface area contributed by atoms with E-state index in [1.807, 2.05) is 85.2 Å². The molecule has 0 saturated heterocycles. The fraction of sp³-hybridized carbons (Fsp3) is 0. The van der Waals surface area contributed by atoms with E-state index >= 15 is 0 Å². The molecule has 0 fully saturated rings. The zero-order valence-electron chi connectivity index (χ0n) is 30.5. The lowest BCUT2D eigenvalue weighted by Gasteiger charge is -2.26. The Labute approximate surface area is 327 Å². The first-order valence-corrected chi connectivity index (χ1v) is 18.8. The topological polar surface area (TPSA) is 81.1 Å². The van der Waals surface area contributed by atoms with Crippen LogP contribution in [0.4, 0.5) is 17.1 Å². The minimum Gasteiger partial charge on any atom is -0.456 e. The van der Waals surface area contributed by atoms with Crippen molar-refractivity contribution in [1.82, 2.24) is 19.9 Å². The molecule has 0 aliphatic carbocycles. The molecule has 268 valence electrons. The molecule has 0 aliphatic heterocycles. The van der Waals surface area contributed by atoms with E-state index in [1.165, 1.54) is 0 Å². The molecule has 0 aliphatic rings. The number of para-hydroxylation sites is 3. The number of nitrogens with zero attached hydrogens (tertiary/aromatic N) is 5. The SMILES string of the molecule is c1ccc(-c2nc(-c3ccc(N(c4ccc(-c5cc6oc7ccccc7c6cn5)cc4)c4ccc(-c5nc6ccccc6o5)cc4)cc3)cc3cccnc23)cc1. The molecule has 0 N–H and O–H groups in total. The van der Waals surface area contributed by atoms with Gasteiger partial charge in [-0.1, -0.05) is 91.0 Å². The number of hydrogen-bond donors (Lipinski definition) is 0. The van der Waals surface area contributed by atoms with Gasteiger partial charge in [0.05, 0.1) is 22.6 Å². The highest BCUT2D eigenvalue weighted by Gasteiger charge is 2.17. The van der Waals surface area contributed by atoms with Crippen molar-refractivity contribution < 1.29 is 8.83 Å². The Morgan fingerprint density at radius 1 is 0.421 bits per heavy atom. The summed E-state index contributed by atoms with van der Waals surface area (Å²) in [4.78, 5) is 21.6. The molecule has 0 saturated carbocycles. The standard InChI is InChI=1S/C50H31N5O2/c1-2-9-34(10-3-1)49-48-36(11-8-28-51-48)29-44(53-49)33-18-24-38(25-19-33)55(39-26-20-35(21-27-39)50-54-42-13-5-7-15-46(42)57-50)37-22-16-32(17-23-37)43-30-47-41(31-52-43)40-12-4-6-14-45(40)56-47/h1-31H. The maximum atomic E-state index is 6.18. The second-order valence-electron chi connectivity index (χ2n) is 13.9. The van der Waals surface area contributed by atoms with Crippen LogP contribution in [0.2, 0.25) is 0 Å². The number of fused-ring (bicyclic) bond motifs is 5. The maximum absolute atomic E-state index is 6.18. The van der Waals surface area contributed by atoms with Crippen LogP contribution in [0.15, 0.2) is 197 Å². The molecule has 0 bridgehead atoms. The van der Waals surface area contributed by atoms with Crippen molar-refractivity contribution >= 4 is 61.0 Å². The van der Waals surface area contributed by atoms with Crippen LogP contribution in [0.1, 0.15) is 0 Å². The molecule has 0 atom stereocenters. The highest BCUT2D eigenvalue weighted by atomic mass is 16.3. The van der Waals surface area contributed by atoms with Crippen LogP contribution in [0, 0.1) is 0 Å². The first-order valence-electron chi connectivity index (χ1n) is 18.8. The Morgan fingerprint density at radius 2 is 1.07 bits per heavy atom. The monoisotopic (exact) mass is 733 g/mol. The Bertz CT molecular complexity index is 3190. The third kappa shape index (κ3) is 5.86. The summed E-state index contributed by atoms with van der Waals surface area (Å²) < 4.78 is 12.3. The highest BCUT2D eigenvalue weighted by Crippen LogP contribution is 2.39. The quantitative estimate of drug-likeness (QED) is 0.161. The van der Waals surface area contributed by atoms with Crippen LogP contribution in [0.5, 0.6) is 0 Å². The van der Waals surface area contributed by atoms with E-state index in [9.17, 15) is 0 Å². The van der Waals surface area contributed by atoms with Gasteiger partial charge in [-0.05, 0) is 78.9 Å². The van der Waals surface area contributed by atoms with Gasteiger partial charge in [0, 0.05) is 73.9 Å². The van der Waals surface area contributed by atoms with Crippen LogP contribution in [0.25, 0.3) is 89.2 Å². The Morgan fingerprint density at radius 3 is 1.81 bits per heavy atom. The van der Waals surface area contributed by atoms with Gasteiger partial charge in [-0.15, -0.1) is 0 Å². The van der Waals surface area contributed by atoms with Crippen molar-refractivity contribution in [1.29, 1.82) is 0 Å². The summed E-state index contributed by atoms with van der Waals surface area (Å²) in [6.07, 6.45) is 3.72. The van der Waals surface area contributed by atoms with Gasteiger partial charge in [-0.3, -0.25) is 9.97 Å². The van der Waals surface area contributed by atoms with Crippen molar-refractivity contribution in [3.05, 3.63) is 188 Å². The molecule has 0 unspecified atom stereocenters. The summed E-state index contributed by atoms with van der Waals surface area (Å²) >= 11 is 0. The molecule has 57 heavy (non-hydrogen) atoms. The van der Waals surface area contributed by atoms with Gasteiger partial charge in [0.1, 0.15) is 16.7 Å². The van der Waals surface area contributed by atoms with Gasteiger partial charge in [0.15, 0.2) is 5.58 Å². The van der Waals surface area contributed by atoms with Crippen LogP contribution in [-0.2, 0) is 0 Å². The third-order valence-electron chi connectivity index (χ3n) is 10.4. The highest BCUT2D eigenvalue weighted by molar-refractivity contribution is 6.05. The Kier molecular flexibility index (Phi) is 7.67. The zero-order valence-corrected chi connectivity index (χ0v) is 30.5. The zero-order chi connectivity index (χ0) is 37.7. The number of furan rings is 1. The van der Waals surface area contributed by atoms with E-state index in [1.54, 1.807) is 0 Å². The van der Waals surface area contributed by atoms with Gasteiger partial charge >= 0.3 is 0 Å². The number of oxazole rings is 1. The predicted octanol–water partition coefficient (Wildman–Crippen LogP) is 13.2. The maximum Gasteiger partial charge on any atom is 0.227 e. The molecule has 11 aromatic rings. The summed E-state index contributed by atoms with van der Waals surface area (Å²) in [5.74, 6) is 0.588. The Balaban J connectivity index is 0.975. The molecule has 7 heteroatoms. The normalized spacial score (nSPS) is 11.5. The number of hydrogen-bond acceptors (Lipinski definition) is 7. The minimum absolute atomic E-state index is 0.588. The molecule has 11 rings (SSSR count). The van der Waals surface area contributed by atoms with Crippen molar-refractivity contribution in [2.75, 3.05) is 4.90 Å². The van der Waals surface area contributed by atoms with Gasteiger partial charge < -0.3 is 13.7 Å². The fourth-order valence-corrected chi connectivity index (χ4v) is 7.57. The number of aromatic nitrogens is 4. The van der Waals surface area contributed by atoms with Crippen molar-refractivity contribution in [2.45, 2.75) is 0 Å². The Hall–Kier alpha value is -7.90. The van der Waals surface area contributed by atoms with Crippen LogP contribution in [0.3, 0.4) is 0 Å². The molecule has 0 spiro atoms. The summed E-state index contributed by atoms with van der Waals surface area (Å²) in [5, 5.41) is 3.12. The largest absolute Gasteiger partial charge is 0.456 e. The van der Waals surface area contributed by atoms with E-state index in [0.717, 1.165) is 100 Å². The van der Waals surface area contributed by atoms with Gasteiger partial charge in [-0.25, -0.2) is 9.97 Å².